The van der Waals surface area contributed by atoms with Gasteiger partial charge in [-0.05, 0) is 25.8 Å². The van der Waals surface area contributed by atoms with Gasteiger partial charge in [0.15, 0.2) is 11.5 Å². The van der Waals surface area contributed by atoms with Gasteiger partial charge in [-0.1, -0.05) is 0 Å². The Bertz CT molecular complexity index is 943. The number of nitrogens with zero attached hydrogens (tertiary/aromatic N) is 5. The van der Waals surface area contributed by atoms with Crippen molar-refractivity contribution in [2.45, 2.75) is 33.2 Å². The van der Waals surface area contributed by atoms with Crippen molar-refractivity contribution >= 4 is 23.3 Å². The Morgan fingerprint density at radius 3 is 2.84 bits per heavy atom. The third-order valence-electron chi connectivity index (χ3n) is 3.90. The number of carboxylic acids is 1. The Morgan fingerprint density at radius 1 is 1.28 bits per heavy atom. The average molecular weight is 342 g/mol. The number of fused-ring (bicyclic) bond motifs is 1. The molecule has 3 heterocycles. The van der Waals surface area contributed by atoms with E-state index in [1.807, 2.05) is 19.9 Å². The van der Waals surface area contributed by atoms with E-state index in [1.165, 1.54) is 10.9 Å². The fourth-order valence-corrected chi connectivity index (χ4v) is 2.73. The molecular formula is C16H18N6O3. The highest BCUT2D eigenvalue weighted by Gasteiger charge is 2.13. The number of aromatic nitrogens is 5. The lowest BCUT2D eigenvalue weighted by Gasteiger charge is -2.10. The summed E-state index contributed by atoms with van der Waals surface area (Å²) in [7, 11) is 0. The summed E-state index contributed by atoms with van der Waals surface area (Å²) < 4.78 is 3.01. The molecule has 0 atom stereocenters. The van der Waals surface area contributed by atoms with Crippen LogP contribution in [0.5, 0.6) is 0 Å². The standard InChI is InChI=1S/C16H18N6O3/c1-10-12(11(2)22-14(18-10)5-7-17-22)3-4-15(23)19-13-6-8-21(20-13)9-16(24)25/h5-8H,3-4,9H2,1-2H3,(H,24,25)(H,19,20,23). The monoisotopic (exact) mass is 342 g/mol. The lowest BCUT2D eigenvalue weighted by Crippen LogP contribution is -2.15. The zero-order valence-corrected chi connectivity index (χ0v) is 13.9. The number of aryl methyl sites for hydroxylation is 2. The van der Waals surface area contributed by atoms with Gasteiger partial charge in [0.2, 0.25) is 5.91 Å². The number of rotatable bonds is 6. The van der Waals surface area contributed by atoms with Crippen LogP contribution in [-0.2, 0) is 22.6 Å². The molecule has 0 aliphatic rings. The second kappa shape index (κ2) is 6.71. The second-order valence-corrected chi connectivity index (χ2v) is 5.70. The summed E-state index contributed by atoms with van der Waals surface area (Å²) in [5.41, 5.74) is 3.62. The topological polar surface area (TPSA) is 114 Å². The summed E-state index contributed by atoms with van der Waals surface area (Å²) in [4.78, 5) is 27.3. The molecule has 0 aliphatic heterocycles. The Labute approximate surface area is 143 Å². The maximum absolute atomic E-state index is 12.1. The maximum Gasteiger partial charge on any atom is 0.325 e. The highest BCUT2D eigenvalue weighted by molar-refractivity contribution is 5.89. The van der Waals surface area contributed by atoms with Gasteiger partial charge in [0.25, 0.3) is 0 Å². The predicted octanol–water partition coefficient (Wildman–Crippen LogP) is 1.20. The van der Waals surface area contributed by atoms with Gasteiger partial charge < -0.3 is 10.4 Å². The van der Waals surface area contributed by atoms with Crippen LogP contribution in [0.15, 0.2) is 24.5 Å². The number of amides is 1. The highest BCUT2D eigenvalue weighted by atomic mass is 16.4. The van der Waals surface area contributed by atoms with Crippen LogP contribution in [0.25, 0.3) is 5.65 Å². The van der Waals surface area contributed by atoms with Crippen LogP contribution in [0.2, 0.25) is 0 Å². The van der Waals surface area contributed by atoms with Crippen LogP contribution in [0, 0.1) is 13.8 Å². The number of carbonyl (C=O) groups excluding carboxylic acids is 1. The van der Waals surface area contributed by atoms with Crippen LogP contribution >= 0.6 is 0 Å². The molecule has 2 N–H and O–H groups in total. The molecule has 0 saturated heterocycles. The Balaban J connectivity index is 1.64. The van der Waals surface area contributed by atoms with Gasteiger partial charge in [-0.3, -0.25) is 14.3 Å². The Kier molecular flexibility index (Phi) is 4.46. The molecule has 0 saturated carbocycles. The second-order valence-electron chi connectivity index (χ2n) is 5.70. The Morgan fingerprint density at radius 2 is 2.08 bits per heavy atom. The van der Waals surface area contributed by atoms with Crippen LogP contribution in [-0.4, -0.2) is 41.4 Å². The molecule has 3 rings (SSSR count). The minimum absolute atomic E-state index is 0.195. The number of anilines is 1. The van der Waals surface area contributed by atoms with Crippen molar-refractivity contribution in [3.05, 3.63) is 41.5 Å². The van der Waals surface area contributed by atoms with Gasteiger partial charge in [-0.15, -0.1) is 0 Å². The van der Waals surface area contributed by atoms with Crippen LogP contribution in [0.4, 0.5) is 5.82 Å². The van der Waals surface area contributed by atoms with Gasteiger partial charge in [0, 0.05) is 36.1 Å². The molecule has 3 aromatic rings. The first-order valence-corrected chi connectivity index (χ1v) is 7.79. The number of carbonyl (C=O) groups is 2. The molecule has 0 radical (unpaired) electrons. The molecule has 3 aromatic heterocycles. The number of carboxylic acid groups (broad SMARTS) is 1. The van der Waals surface area contributed by atoms with Gasteiger partial charge in [-0.25, -0.2) is 9.50 Å². The summed E-state index contributed by atoms with van der Waals surface area (Å²) >= 11 is 0. The minimum Gasteiger partial charge on any atom is -0.480 e. The van der Waals surface area contributed by atoms with Gasteiger partial charge in [-0.2, -0.15) is 10.2 Å². The molecule has 0 unspecified atom stereocenters. The van der Waals surface area contributed by atoms with Crippen molar-refractivity contribution in [1.29, 1.82) is 0 Å². The largest absolute Gasteiger partial charge is 0.480 e. The molecule has 9 nitrogen and oxygen atoms in total. The van der Waals surface area contributed by atoms with E-state index < -0.39 is 5.97 Å². The van der Waals surface area contributed by atoms with E-state index >= 15 is 0 Å². The fraction of sp³-hybridized carbons (Fsp3) is 0.312. The first kappa shape index (κ1) is 16.6. The Hall–Kier alpha value is -3.23. The number of nitrogens with one attached hydrogen (secondary N) is 1. The molecule has 0 aliphatic carbocycles. The molecule has 0 spiro atoms. The highest BCUT2D eigenvalue weighted by Crippen LogP contribution is 2.16. The number of hydrogen-bond acceptors (Lipinski definition) is 5. The van der Waals surface area contributed by atoms with E-state index in [4.69, 9.17) is 5.11 Å². The fourth-order valence-electron chi connectivity index (χ4n) is 2.73. The average Bonchev–Trinajstić information content (AvgIpc) is 3.15. The molecule has 0 aromatic carbocycles. The van der Waals surface area contributed by atoms with E-state index in [9.17, 15) is 9.59 Å². The van der Waals surface area contributed by atoms with Crippen molar-refractivity contribution in [3.8, 4) is 0 Å². The molecule has 25 heavy (non-hydrogen) atoms. The van der Waals surface area contributed by atoms with Crippen LogP contribution in [0.1, 0.15) is 23.4 Å². The third kappa shape index (κ3) is 3.65. The normalized spacial score (nSPS) is 11.0. The molecule has 9 heteroatoms. The maximum atomic E-state index is 12.1. The van der Waals surface area contributed by atoms with Gasteiger partial charge in [0.05, 0.1) is 6.20 Å². The number of hydrogen-bond donors (Lipinski definition) is 2. The summed E-state index contributed by atoms with van der Waals surface area (Å²) in [5.74, 6) is -0.853. The summed E-state index contributed by atoms with van der Waals surface area (Å²) in [6, 6.07) is 3.40. The van der Waals surface area contributed by atoms with Crippen molar-refractivity contribution in [1.82, 2.24) is 24.4 Å². The van der Waals surface area contributed by atoms with Gasteiger partial charge in [0.1, 0.15) is 6.54 Å². The summed E-state index contributed by atoms with van der Waals surface area (Å²) in [6.07, 6.45) is 4.00. The lowest BCUT2D eigenvalue weighted by molar-refractivity contribution is -0.137. The van der Waals surface area contributed by atoms with Crippen molar-refractivity contribution in [2.75, 3.05) is 5.32 Å². The number of aliphatic carboxylic acids is 1. The minimum atomic E-state index is -0.992. The van der Waals surface area contributed by atoms with Gasteiger partial charge >= 0.3 is 5.97 Å². The predicted molar refractivity (Wildman–Crippen MR) is 89.3 cm³/mol. The smallest absolute Gasteiger partial charge is 0.325 e. The van der Waals surface area contributed by atoms with E-state index in [1.54, 1.807) is 16.8 Å². The van der Waals surface area contributed by atoms with E-state index in [-0.39, 0.29) is 18.9 Å². The van der Waals surface area contributed by atoms with Crippen molar-refractivity contribution in [3.63, 3.8) is 0 Å². The van der Waals surface area contributed by atoms with E-state index in [0.717, 1.165) is 22.6 Å². The van der Waals surface area contributed by atoms with E-state index in [2.05, 4.69) is 20.5 Å². The SMILES string of the molecule is Cc1nc2ccnn2c(C)c1CCC(=O)Nc1ccn(CC(=O)O)n1. The van der Waals surface area contributed by atoms with E-state index in [0.29, 0.717) is 12.2 Å². The molecule has 130 valence electrons. The zero-order valence-electron chi connectivity index (χ0n) is 13.9. The molecule has 1 amide bonds. The zero-order chi connectivity index (χ0) is 18.0. The van der Waals surface area contributed by atoms with Crippen LogP contribution in [0.3, 0.4) is 0 Å². The first-order chi connectivity index (χ1) is 11.9. The molecule has 0 bridgehead atoms. The van der Waals surface area contributed by atoms with Crippen LogP contribution < -0.4 is 5.32 Å². The summed E-state index contributed by atoms with van der Waals surface area (Å²) in [5, 5.41) is 19.6. The quantitative estimate of drug-likeness (QED) is 0.695. The third-order valence-corrected chi connectivity index (χ3v) is 3.90. The molecule has 0 fully saturated rings. The van der Waals surface area contributed by atoms with Crippen molar-refractivity contribution in [2.24, 2.45) is 0 Å². The summed E-state index contributed by atoms with van der Waals surface area (Å²) in [6.45, 7) is 3.63. The lowest BCUT2D eigenvalue weighted by atomic mass is 10.1. The first-order valence-electron chi connectivity index (χ1n) is 7.79. The molecular weight excluding hydrogens is 324 g/mol. The van der Waals surface area contributed by atoms with Crippen molar-refractivity contribution < 1.29 is 14.7 Å².